The molecule has 172 valence electrons. The number of rotatable bonds is 20. The van der Waals surface area contributed by atoms with Gasteiger partial charge in [0.25, 0.3) is 0 Å². The topological polar surface area (TPSA) is 87.6 Å². The summed E-state index contributed by atoms with van der Waals surface area (Å²) in [6.45, 7) is 8.32. The highest BCUT2D eigenvalue weighted by Gasteiger charge is 2.22. The van der Waals surface area contributed by atoms with Crippen molar-refractivity contribution < 1.29 is 16.8 Å². The Bertz CT molecular complexity index is 424. The molecule has 0 aliphatic carbocycles. The van der Waals surface area contributed by atoms with Gasteiger partial charge in [-0.05, 0) is 18.8 Å². The highest BCUT2D eigenvalue weighted by atomic mass is 32.3. The monoisotopic (exact) mass is 423 g/mol. The van der Waals surface area contributed by atoms with Crippen LogP contribution in [0.25, 0.3) is 0 Å². The van der Waals surface area contributed by atoms with E-state index >= 15 is 0 Å². The summed E-state index contributed by atoms with van der Waals surface area (Å²) in [5.74, 6) is 0. The first kappa shape index (κ1) is 30.0. The Balaban J connectivity index is 0. The van der Waals surface area contributed by atoms with Crippen molar-refractivity contribution in [2.45, 2.75) is 124 Å². The van der Waals surface area contributed by atoms with E-state index in [-0.39, 0.29) is 24.8 Å². The predicted octanol–water partition coefficient (Wildman–Crippen LogP) is 7.34. The van der Waals surface area contributed by atoms with E-state index in [1.54, 1.807) is 6.92 Å². The molecule has 0 aromatic carbocycles. The molecule has 3 N–H and O–H groups in total. The standard InChI is InChI=1S/C22H46O4S.H3N/c1-5-7-8-9-10-11-12-13-14-15-16-17-18-19-20-22(3,4)21-26-27(23,24)25-6-2;/h5-21H2,1-4H3;1H3. The van der Waals surface area contributed by atoms with E-state index in [4.69, 9.17) is 4.18 Å². The molecular weight excluding hydrogens is 374 g/mol. The van der Waals surface area contributed by atoms with Crippen molar-refractivity contribution in [3.05, 3.63) is 0 Å². The van der Waals surface area contributed by atoms with E-state index in [0.717, 1.165) is 12.8 Å². The van der Waals surface area contributed by atoms with Crippen LogP contribution in [-0.4, -0.2) is 21.6 Å². The fourth-order valence-electron chi connectivity index (χ4n) is 3.28. The highest BCUT2D eigenvalue weighted by molar-refractivity contribution is 7.81. The molecule has 0 aromatic rings. The molecule has 28 heavy (non-hydrogen) atoms. The van der Waals surface area contributed by atoms with Gasteiger partial charge in [0.2, 0.25) is 0 Å². The summed E-state index contributed by atoms with van der Waals surface area (Å²) in [5, 5.41) is 0. The van der Waals surface area contributed by atoms with Gasteiger partial charge in [0.15, 0.2) is 0 Å². The molecule has 0 aliphatic rings. The second-order valence-corrected chi connectivity index (χ2v) is 9.88. The van der Waals surface area contributed by atoms with Gasteiger partial charge in [-0.15, -0.1) is 0 Å². The van der Waals surface area contributed by atoms with Crippen LogP contribution in [0.1, 0.15) is 124 Å². The van der Waals surface area contributed by atoms with Crippen LogP contribution >= 0.6 is 0 Å². The van der Waals surface area contributed by atoms with Gasteiger partial charge in [0.1, 0.15) is 0 Å². The SMILES string of the molecule is CCCCCCCCCCCCCCCCC(C)(C)COS(=O)(=O)OCC.N. The Kier molecular flexibility index (Phi) is 20.2. The molecule has 0 atom stereocenters. The zero-order valence-electron chi connectivity index (χ0n) is 19.3. The fourth-order valence-corrected chi connectivity index (χ4v) is 4.10. The molecule has 0 fully saturated rings. The van der Waals surface area contributed by atoms with E-state index in [1.165, 1.54) is 83.5 Å². The fraction of sp³-hybridized carbons (Fsp3) is 1.00. The second kappa shape index (κ2) is 18.8. The summed E-state index contributed by atoms with van der Waals surface area (Å²) in [7, 11) is -3.82. The maximum absolute atomic E-state index is 11.4. The third kappa shape index (κ3) is 20.6. The van der Waals surface area contributed by atoms with Crippen molar-refractivity contribution in [3.8, 4) is 0 Å². The molecule has 0 radical (unpaired) electrons. The first-order chi connectivity index (χ1) is 12.8. The molecule has 0 saturated heterocycles. The summed E-state index contributed by atoms with van der Waals surface area (Å²) >= 11 is 0. The van der Waals surface area contributed by atoms with Gasteiger partial charge in [-0.2, -0.15) is 8.42 Å². The van der Waals surface area contributed by atoms with Crippen molar-refractivity contribution in [3.63, 3.8) is 0 Å². The third-order valence-corrected chi connectivity index (χ3v) is 5.99. The molecule has 0 saturated carbocycles. The van der Waals surface area contributed by atoms with Gasteiger partial charge in [0.05, 0.1) is 13.2 Å². The smallest absolute Gasteiger partial charge is 0.344 e. The van der Waals surface area contributed by atoms with Crippen molar-refractivity contribution in [2.75, 3.05) is 13.2 Å². The Hall–Kier alpha value is -0.170. The number of hydrogen-bond donors (Lipinski definition) is 1. The van der Waals surface area contributed by atoms with Gasteiger partial charge in [-0.3, -0.25) is 0 Å². The van der Waals surface area contributed by atoms with E-state index < -0.39 is 10.4 Å². The van der Waals surface area contributed by atoms with Crippen LogP contribution in [0.5, 0.6) is 0 Å². The molecule has 0 amide bonds. The average molecular weight is 424 g/mol. The molecule has 0 aliphatic heterocycles. The summed E-state index contributed by atoms with van der Waals surface area (Å²) in [6.07, 6.45) is 19.9. The van der Waals surface area contributed by atoms with Gasteiger partial charge >= 0.3 is 10.4 Å². The molecule has 6 heteroatoms. The van der Waals surface area contributed by atoms with Crippen molar-refractivity contribution in [1.29, 1.82) is 0 Å². The first-order valence-corrected chi connectivity index (χ1v) is 12.7. The van der Waals surface area contributed by atoms with Gasteiger partial charge < -0.3 is 6.15 Å². The molecule has 0 bridgehead atoms. The summed E-state index contributed by atoms with van der Waals surface area (Å²) in [6, 6.07) is 0. The number of unbranched alkanes of at least 4 members (excludes halogenated alkanes) is 13. The van der Waals surface area contributed by atoms with Crippen LogP contribution in [-0.2, 0) is 18.8 Å². The van der Waals surface area contributed by atoms with Crippen LogP contribution in [0.15, 0.2) is 0 Å². The molecule has 0 spiro atoms. The summed E-state index contributed by atoms with van der Waals surface area (Å²) in [5.41, 5.74) is -0.138. The Morgan fingerprint density at radius 3 is 1.43 bits per heavy atom. The van der Waals surface area contributed by atoms with E-state index in [0.29, 0.717) is 0 Å². The van der Waals surface area contributed by atoms with Crippen LogP contribution in [0.2, 0.25) is 0 Å². The maximum atomic E-state index is 11.4. The minimum atomic E-state index is -3.82. The largest absolute Gasteiger partial charge is 0.399 e. The average Bonchev–Trinajstić information content (AvgIpc) is 2.60. The van der Waals surface area contributed by atoms with Gasteiger partial charge in [0, 0.05) is 0 Å². The lowest BCUT2D eigenvalue weighted by atomic mass is 9.88. The van der Waals surface area contributed by atoms with Gasteiger partial charge in [-0.25, -0.2) is 8.37 Å². The molecule has 0 unspecified atom stereocenters. The Morgan fingerprint density at radius 1 is 0.643 bits per heavy atom. The van der Waals surface area contributed by atoms with Crippen molar-refractivity contribution in [2.24, 2.45) is 5.41 Å². The third-order valence-electron chi connectivity index (χ3n) is 5.06. The van der Waals surface area contributed by atoms with Gasteiger partial charge in [-0.1, -0.05) is 111 Å². The lowest BCUT2D eigenvalue weighted by Crippen LogP contribution is -2.23. The summed E-state index contributed by atoms with van der Waals surface area (Å²) < 4.78 is 32.4. The molecule has 0 aromatic heterocycles. The predicted molar refractivity (Wildman–Crippen MR) is 120 cm³/mol. The maximum Gasteiger partial charge on any atom is 0.399 e. The van der Waals surface area contributed by atoms with Crippen LogP contribution in [0.4, 0.5) is 0 Å². The second-order valence-electron chi connectivity index (χ2n) is 8.59. The zero-order valence-corrected chi connectivity index (χ0v) is 20.1. The lowest BCUT2D eigenvalue weighted by molar-refractivity contribution is 0.141. The quantitative estimate of drug-likeness (QED) is 0.207. The Morgan fingerprint density at radius 2 is 1.04 bits per heavy atom. The van der Waals surface area contributed by atoms with Crippen molar-refractivity contribution in [1.82, 2.24) is 6.15 Å². The van der Waals surface area contributed by atoms with Crippen LogP contribution in [0, 0.1) is 5.41 Å². The first-order valence-electron chi connectivity index (χ1n) is 11.4. The van der Waals surface area contributed by atoms with E-state index in [2.05, 4.69) is 25.0 Å². The van der Waals surface area contributed by atoms with E-state index in [9.17, 15) is 8.42 Å². The minimum absolute atomic E-state index is 0. The number of hydrogen-bond acceptors (Lipinski definition) is 5. The van der Waals surface area contributed by atoms with Crippen LogP contribution in [0.3, 0.4) is 0 Å². The lowest BCUT2D eigenvalue weighted by Gasteiger charge is -2.23. The van der Waals surface area contributed by atoms with E-state index in [1.807, 2.05) is 0 Å². The molecule has 0 heterocycles. The Labute approximate surface area is 176 Å². The summed E-state index contributed by atoms with van der Waals surface area (Å²) in [4.78, 5) is 0. The molecular formula is C22H49NO4S. The normalized spacial score (nSPS) is 12.1. The van der Waals surface area contributed by atoms with Crippen molar-refractivity contribution >= 4 is 10.4 Å². The zero-order chi connectivity index (χ0) is 20.4. The highest BCUT2D eigenvalue weighted by Crippen LogP contribution is 2.25. The molecule has 5 nitrogen and oxygen atoms in total. The van der Waals surface area contributed by atoms with Crippen LogP contribution < -0.4 is 6.15 Å². The minimum Gasteiger partial charge on any atom is -0.344 e. The molecule has 0 rings (SSSR count).